The standard InChI is InChI=1S/C16H23NO4/c1-18-6-5-16(3-4-16)10-17-9-12-7-13(19-2)15-14(8-12)20-11-21-15/h7-8,17H,3-6,9-11H2,1-2H3. The number of rotatable bonds is 8. The summed E-state index contributed by atoms with van der Waals surface area (Å²) in [5.41, 5.74) is 1.61. The lowest BCUT2D eigenvalue weighted by Crippen LogP contribution is -2.24. The van der Waals surface area contributed by atoms with E-state index in [1.54, 1.807) is 14.2 Å². The molecule has 5 heteroatoms. The SMILES string of the molecule is COCCC1(CNCc2cc(OC)c3c(c2)OCO3)CC1. The van der Waals surface area contributed by atoms with Crippen LogP contribution in [0.5, 0.6) is 17.2 Å². The van der Waals surface area contributed by atoms with Crippen LogP contribution in [-0.2, 0) is 11.3 Å². The number of hydrogen-bond acceptors (Lipinski definition) is 5. The van der Waals surface area contributed by atoms with Crippen LogP contribution in [0.1, 0.15) is 24.8 Å². The molecule has 1 aliphatic carbocycles. The van der Waals surface area contributed by atoms with Crippen molar-refractivity contribution in [3.05, 3.63) is 17.7 Å². The number of fused-ring (bicyclic) bond motifs is 1. The van der Waals surface area contributed by atoms with Gasteiger partial charge in [-0.3, -0.25) is 0 Å². The van der Waals surface area contributed by atoms with Gasteiger partial charge in [-0.05, 0) is 42.4 Å². The highest BCUT2D eigenvalue weighted by Gasteiger charge is 2.41. The molecule has 116 valence electrons. The molecule has 0 atom stereocenters. The summed E-state index contributed by atoms with van der Waals surface area (Å²) in [5.74, 6) is 2.22. The Morgan fingerprint density at radius 3 is 2.81 bits per heavy atom. The summed E-state index contributed by atoms with van der Waals surface area (Å²) in [4.78, 5) is 0. The average Bonchev–Trinajstić information content (AvgIpc) is 3.10. The first-order valence-corrected chi connectivity index (χ1v) is 7.42. The zero-order valence-corrected chi connectivity index (χ0v) is 12.7. The second-order valence-electron chi connectivity index (χ2n) is 5.88. The van der Waals surface area contributed by atoms with Crippen LogP contribution in [0.15, 0.2) is 12.1 Å². The van der Waals surface area contributed by atoms with Crippen molar-refractivity contribution in [3.63, 3.8) is 0 Å². The monoisotopic (exact) mass is 293 g/mol. The first kappa shape index (κ1) is 14.5. The molecule has 5 nitrogen and oxygen atoms in total. The summed E-state index contributed by atoms with van der Waals surface area (Å²) in [5, 5.41) is 3.55. The fourth-order valence-electron chi connectivity index (χ4n) is 2.77. The van der Waals surface area contributed by atoms with Crippen LogP contribution in [0.2, 0.25) is 0 Å². The van der Waals surface area contributed by atoms with Gasteiger partial charge >= 0.3 is 0 Å². The molecule has 0 spiro atoms. The third-order valence-corrected chi connectivity index (χ3v) is 4.34. The quantitative estimate of drug-likeness (QED) is 0.797. The molecule has 21 heavy (non-hydrogen) atoms. The largest absolute Gasteiger partial charge is 0.493 e. The van der Waals surface area contributed by atoms with E-state index < -0.39 is 0 Å². The summed E-state index contributed by atoms with van der Waals surface area (Å²) in [6.45, 7) is 2.96. The van der Waals surface area contributed by atoms with E-state index in [4.69, 9.17) is 18.9 Å². The number of ether oxygens (including phenoxy) is 4. The van der Waals surface area contributed by atoms with Gasteiger partial charge in [-0.15, -0.1) is 0 Å². The summed E-state index contributed by atoms with van der Waals surface area (Å²) in [6.07, 6.45) is 3.74. The average molecular weight is 293 g/mol. The molecular formula is C16H23NO4. The van der Waals surface area contributed by atoms with Gasteiger partial charge in [0.1, 0.15) is 0 Å². The van der Waals surface area contributed by atoms with Crippen molar-refractivity contribution in [2.45, 2.75) is 25.8 Å². The molecule has 1 fully saturated rings. The molecule has 0 bridgehead atoms. The zero-order valence-electron chi connectivity index (χ0n) is 12.7. The van der Waals surface area contributed by atoms with Crippen molar-refractivity contribution >= 4 is 0 Å². The van der Waals surface area contributed by atoms with Crippen LogP contribution in [0.4, 0.5) is 0 Å². The third kappa shape index (κ3) is 3.24. The van der Waals surface area contributed by atoms with Crippen LogP contribution in [0, 0.1) is 5.41 Å². The van der Waals surface area contributed by atoms with Crippen molar-refractivity contribution in [1.29, 1.82) is 0 Å². The van der Waals surface area contributed by atoms with Crippen LogP contribution in [0.3, 0.4) is 0 Å². The second-order valence-corrected chi connectivity index (χ2v) is 5.88. The molecule has 3 rings (SSSR count). The molecule has 0 radical (unpaired) electrons. The van der Waals surface area contributed by atoms with E-state index in [0.29, 0.717) is 11.2 Å². The van der Waals surface area contributed by atoms with Crippen molar-refractivity contribution in [2.24, 2.45) is 5.41 Å². The van der Waals surface area contributed by atoms with Crippen LogP contribution >= 0.6 is 0 Å². The summed E-state index contributed by atoms with van der Waals surface area (Å²) in [7, 11) is 3.42. The number of nitrogens with one attached hydrogen (secondary N) is 1. The fourth-order valence-corrected chi connectivity index (χ4v) is 2.77. The zero-order chi connectivity index (χ0) is 14.7. The maximum Gasteiger partial charge on any atom is 0.231 e. The van der Waals surface area contributed by atoms with Crippen molar-refractivity contribution in [2.75, 3.05) is 34.2 Å². The molecule has 1 N–H and O–H groups in total. The minimum Gasteiger partial charge on any atom is -0.493 e. The Labute approximate surface area is 125 Å². The summed E-state index contributed by atoms with van der Waals surface area (Å²) in [6, 6.07) is 4.03. The Hall–Kier alpha value is -1.46. The molecule has 1 aromatic rings. The Morgan fingerprint density at radius 1 is 1.24 bits per heavy atom. The maximum absolute atomic E-state index is 5.45. The summed E-state index contributed by atoms with van der Waals surface area (Å²) < 4.78 is 21.4. The van der Waals surface area contributed by atoms with Crippen LogP contribution in [0.25, 0.3) is 0 Å². The highest BCUT2D eigenvalue weighted by atomic mass is 16.7. The minimum atomic E-state index is 0.267. The predicted molar refractivity (Wildman–Crippen MR) is 79.0 cm³/mol. The molecule has 0 aromatic heterocycles. The van der Waals surface area contributed by atoms with Gasteiger partial charge in [0.15, 0.2) is 11.5 Å². The fraction of sp³-hybridized carbons (Fsp3) is 0.625. The van der Waals surface area contributed by atoms with E-state index in [1.807, 2.05) is 12.1 Å². The van der Waals surface area contributed by atoms with E-state index in [2.05, 4.69) is 5.32 Å². The molecule has 0 saturated heterocycles. The van der Waals surface area contributed by atoms with Crippen LogP contribution in [-0.4, -0.2) is 34.2 Å². The molecular weight excluding hydrogens is 270 g/mol. The van der Waals surface area contributed by atoms with Crippen LogP contribution < -0.4 is 19.5 Å². The molecule has 0 unspecified atom stereocenters. The second kappa shape index (κ2) is 6.12. The number of hydrogen-bond donors (Lipinski definition) is 1. The lowest BCUT2D eigenvalue weighted by molar-refractivity contribution is 0.171. The van der Waals surface area contributed by atoms with E-state index >= 15 is 0 Å². The topological polar surface area (TPSA) is 49.0 Å². The molecule has 1 heterocycles. The summed E-state index contributed by atoms with van der Waals surface area (Å²) >= 11 is 0. The highest BCUT2D eigenvalue weighted by Crippen LogP contribution is 2.48. The first-order chi connectivity index (χ1) is 10.3. The van der Waals surface area contributed by atoms with Gasteiger partial charge in [-0.1, -0.05) is 0 Å². The first-order valence-electron chi connectivity index (χ1n) is 7.42. The van der Waals surface area contributed by atoms with E-state index in [1.165, 1.54) is 12.8 Å². The molecule has 1 aliphatic heterocycles. The van der Waals surface area contributed by atoms with Gasteiger partial charge < -0.3 is 24.3 Å². The smallest absolute Gasteiger partial charge is 0.231 e. The van der Waals surface area contributed by atoms with Crippen molar-refractivity contribution in [1.82, 2.24) is 5.32 Å². The predicted octanol–water partition coefficient (Wildman–Crippen LogP) is 2.33. The van der Waals surface area contributed by atoms with E-state index in [9.17, 15) is 0 Å². The minimum absolute atomic E-state index is 0.267. The van der Waals surface area contributed by atoms with Gasteiger partial charge in [-0.25, -0.2) is 0 Å². The Balaban J connectivity index is 1.56. The van der Waals surface area contributed by atoms with Gasteiger partial charge in [-0.2, -0.15) is 0 Å². The molecule has 2 aliphatic rings. The normalized spacial score (nSPS) is 17.8. The van der Waals surface area contributed by atoms with Crippen molar-refractivity contribution < 1.29 is 18.9 Å². The highest BCUT2D eigenvalue weighted by molar-refractivity contribution is 5.55. The van der Waals surface area contributed by atoms with Crippen molar-refractivity contribution in [3.8, 4) is 17.2 Å². The third-order valence-electron chi connectivity index (χ3n) is 4.34. The molecule has 1 saturated carbocycles. The molecule has 1 aromatic carbocycles. The Morgan fingerprint density at radius 2 is 2.10 bits per heavy atom. The lowest BCUT2D eigenvalue weighted by Gasteiger charge is -2.16. The van der Waals surface area contributed by atoms with Gasteiger partial charge in [0.25, 0.3) is 0 Å². The maximum atomic E-state index is 5.45. The number of benzene rings is 1. The Kier molecular flexibility index (Phi) is 4.22. The lowest BCUT2D eigenvalue weighted by atomic mass is 10.0. The van der Waals surface area contributed by atoms with E-state index in [0.717, 1.165) is 43.2 Å². The number of methoxy groups -OCH3 is 2. The Bertz CT molecular complexity index is 499. The molecule has 0 amide bonds. The van der Waals surface area contributed by atoms with Gasteiger partial charge in [0.2, 0.25) is 12.5 Å². The van der Waals surface area contributed by atoms with Gasteiger partial charge in [0.05, 0.1) is 7.11 Å². The van der Waals surface area contributed by atoms with Gasteiger partial charge in [0, 0.05) is 26.8 Å². The van der Waals surface area contributed by atoms with E-state index in [-0.39, 0.29) is 6.79 Å².